The Bertz CT molecular complexity index is 2030. The summed E-state index contributed by atoms with van der Waals surface area (Å²) in [7, 11) is 1.61. The predicted octanol–water partition coefficient (Wildman–Crippen LogP) is 8.46. The third-order valence-electron chi connectivity index (χ3n) is 8.21. The van der Waals surface area contributed by atoms with Crippen molar-refractivity contribution in [2.24, 2.45) is 0 Å². The number of fused-ring (bicyclic) bond motifs is 1. The molecule has 0 aliphatic heterocycles. The first-order valence-corrected chi connectivity index (χ1v) is 18.2. The molecular weight excluding hydrogens is 700 g/mol. The van der Waals surface area contributed by atoms with Crippen LogP contribution in [0.1, 0.15) is 36.0 Å². The Balaban J connectivity index is 1.25. The van der Waals surface area contributed by atoms with Crippen molar-refractivity contribution in [1.82, 2.24) is 9.97 Å². The number of aromatic nitrogens is 2. The molecule has 286 valence electrons. The highest BCUT2D eigenvalue weighted by molar-refractivity contribution is 5.92. The van der Waals surface area contributed by atoms with Crippen LogP contribution < -0.4 is 18.9 Å². The van der Waals surface area contributed by atoms with Crippen LogP contribution in [-0.4, -0.2) is 75.3 Å². The van der Waals surface area contributed by atoms with E-state index in [1.54, 1.807) is 49.6 Å². The van der Waals surface area contributed by atoms with Crippen molar-refractivity contribution < 1.29 is 42.7 Å². The molecule has 0 aliphatic carbocycles. The van der Waals surface area contributed by atoms with E-state index in [0.29, 0.717) is 76.4 Å². The van der Waals surface area contributed by atoms with E-state index in [4.69, 9.17) is 43.1 Å². The minimum absolute atomic E-state index is 0.135. The van der Waals surface area contributed by atoms with E-state index in [0.717, 1.165) is 43.9 Å². The molecule has 0 atom stereocenters. The van der Waals surface area contributed by atoms with E-state index in [1.165, 1.54) is 0 Å². The Kier molecular flexibility index (Phi) is 15.8. The molecule has 0 saturated heterocycles. The highest BCUT2D eigenvalue weighted by atomic mass is 16.6. The maximum Gasteiger partial charge on any atom is 0.343 e. The predicted molar refractivity (Wildman–Crippen MR) is 211 cm³/mol. The zero-order chi connectivity index (χ0) is 38.7. The standard InChI is InChI=1S/C44H46N2O9/c1-4-22-50-23-8-6-7-9-24-52-35-18-16-32(17-19-35)44(48)55-38-15-11-13-34(30-38)42-43(33-12-10-14-36(29-33)49-3)46-40-31-37(20-21-39(40)45-42)53-27-25-51-26-28-54-41(47)5-2/h4-5,10-21,29-31H,1-2,6-9,22-28H2,3H3. The van der Waals surface area contributed by atoms with Crippen LogP contribution >= 0.6 is 0 Å². The molecule has 0 radical (unpaired) electrons. The third-order valence-corrected chi connectivity index (χ3v) is 8.21. The number of ether oxygens (including phenoxy) is 7. The lowest BCUT2D eigenvalue weighted by atomic mass is 10.0. The van der Waals surface area contributed by atoms with Crippen molar-refractivity contribution in [3.05, 3.63) is 122 Å². The number of methoxy groups -OCH3 is 1. The number of hydrogen-bond donors (Lipinski definition) is 0. The molecule has 11 nitrogen and oxygen atoms in total. The van der Waals surface area contributed by atoms with Gasteiger partial charge in [-0.2, -0.15) is 0 Å². The molecule has 1 aromatic heterocycles. The van der Waals surface area contributed by atoms with E-state index < -0.39 is 11.9 Å². The molecule has 0 unspecified atom stereocenters. The number of rotatable bonds is 23. The van der Waals surface area contributed by atoms with Crippen LogP contribution in [0.15, 0.2) is 116 Å². The highest BCUT2D eigenvalue weighted by Gasteiger charge is 2.17. The molecule has 0 bridgehead atoms. The topological polar surface area (TPSA) is 125 Å². The SMILES string of the molecule is C=CCOCCCCCCOc1ccc(C(=O)Oc2cccc(-c3nc4ccc(OCCOCCOC(=O)C=C)cc4nc3-c3cccc(OC)c3)c2)cc1. The summed E-state index contributed by atoms with van der Waals surface area (Å²) in [6.07, 6.45) is 6.95. The van der Waals surface area contributed by atoms with Gasteiger partial charge in [0.05, 0.1) is 61.5 Å². The summed E-state index contributed by atoms with van der Waals surface area (Å²) in [6.45, 7) is 9.91. The third kappa shape index (κ3) is 12.5. The normalized spacial score (nSPS) is 10.8. The smallest absolute Gasteiger partial charge is 0.343 e. The van der Waals surface area contributed by atoms with Crippen LogP contribution in [0.25, 0.3) is 33.5 Å². The van der Waals surface area contributed by atoms with Gasteiger partial charge < -0.3 is 33.2 Å². The molecule has 5 rings (SSSR count). The number of hydrogen-bond acceptors (Lipinski definition) is 11. The van der Waals surface area contributed by atoms with Crippen LogP contribution in [0.3, 0.4) is 0 Å². The summed E-state index contributed by atoms with van der Waals surface area (Å²) in [5.41, 5.74) is 4.38. The first kappa shape index (κ1) is 40.2. The van der Waals surface area contributed by atoms with E-state index in [-0.39, 0.29) is 19.8 Å². The fourth-order valence-electron chi connectivity index (χ4n) is 5.45. The zero-order valence-electron chi connectivity index (χ0n) is 31.1. The maximum atomic E-state index is 13.2. The maximum absolute atomic E-state index is 13.2. The van der Waals surface area contributed by atoms with E-state index in [2.05, 4.69) is 13.2 Å². The molecule has 0 amide bonds. The Morgan fingerprint density at radius 2 is 1.27 bits per heavy atom. The molecule has 1 heterocycles. The lowest BCUT2D eigenvalue weighted by Gasteiger charge is -2.13. The number of nitrogens with zero attached hydrogens (tertiary/aromatic N) is 2. The second kappa shape index (κ2) is 21.6. The summed E-state index contributed by atoms with van der Waals surface area (Å²) in [5.74, 6) is 1.34. The van der Waals surface area contributed by atoms with Gasteiger partial charge in [-0.3, -0.25) is 0 Å². The molecule has 0 fully saturated rings. The number of carbonyl (C=O) groups excluding carboxylic acids is 2. The lowest BCUT2D eigenvalue weighted by molar-refractivity contribution is -0.139. The van der Waals surface area contributed by atoms with Gasteiger partial charge in [-0.15, -0.1) is 6.58 Å². The van der Waals surface area contributed by atoms with E-state index >= 15 is 0 Å². The van der Waals surface area contributed by atoms with Gasteiger partial charge >= 0.3 is 11.9 Å². The fourth-order valence-corrected chi connectivity index (χ4v) is 5.45. The van der Waals surface area contributed by atoms with Crippen molar-refractivity contribution in [1.29, 1.82) is 0 Å². The van der Waals surface area contributed by atoms with Gasteiger partial charge in [-0.1, -0.05) is 43.3 Å². The monoisotopic (exact) mass is 746 g/mol. The van der Waals surface area contributed by atoms with Crippen LogP contribution in [0.2, 0.25) is 0 Å². The molecule has 4 aromatic carbocycles. The summed E-state index contributed by atoms with van der Waals surface area (Å²) in [5, 5.41) is 0. The molecule has 0 aliphatic rings. The summed E-state index contributed by atoms with van der Waals surface area (Å²) in [6, 6.07) is 27.2. The average molecular weight is 747 g/mol. The van der Waals surface area contributed by atoms with Gasteiger partial charge in [0, 0.05) is 29.9 Å². The number of unbranched alkanes of at least 4 members (excludes halogenated alkanes) is 3. The van der Waals surface area contributed by atoms with Gasteiger partial charge in [-0.25, -0.2) is 19.6 Å². The minimum Gasteiger partial charge on any atom is -0.497 e. The van der Waals surface area contributed by atoms with Crippen molar-refractivity contribution in [2.45, 2.75) is 25.7 Å². The molecule has 0 spiro atoms. The minimum atomic E-state index is -0.493. The first-order valence-electron chi connectivity index (χ1n) is 18.2. The molecular formula is C44H46N2O9. The number of esters is 2. The molecule has 11 heteroatoms. The van der Waals surface area contributed by atoms with Crippen molar-refractivity contribution in [3.63, 3.8) is 0 Å². The van der Waals surface area contributed by atoms with Crippen molar-refractivity contribution in [2.75, 3.05) is 53.4 Å². The Hall–Kier alpha value is -6.04. The summed E-state index contributed by atoms with van der Waals surface area (Å²) < 4.78 is 38.9. The molecule has 5 aromatic rings. The van der Waals surface area contributed by atoms with Gasteiger partial charge in [0.15, 0.2) is 0 Å². The number of benzene rings is 4. The van der Waals surface area contributed by atoms with Gasteiger partial charge in [0.25, 0.3) is 0 Å². The Labute approximate surface area is 321 Å². The Morgan fingerprint density at radius 1 is 0.618 bits per heavy atom. The number of carbonyl (C=O) groups is 2. The molecule has 0 N–H and O–H groups in total. The second-order valence-corrected chi connectivity index (χ2v) is 12.2. The van der Waals surface area contributed by atoms with Crippen molar-refractivity contribution in [3.8, 4) is 45.5 Å². The first-order chi connectivity index (χ1) is 27.0. The lowest BCUT2D eigenvalue weighted by Crippen LogP contribution is -2.12. The summed E-state index contributed by atoms with van der Waals surface area (Å²) in [4.78, 5) is 34.4. The van der Waals surface area contributed by atoms with Gasteiger partial charge in [0.2, 0.25) is 0 Å². The van der Waals surface area contributed by atoms with Gasteiger partial charge in [-0.05, 0) is 79.9 Å². The van der Waals surface area contributed by atoms with Crippen LogP contribution in [0.4, 0.5) is 0 Å². The quantitative estimate of drug-likeness (QED) is 0.0210. The fraction of sp³-hybridized carbons (Fsp3) is 0.273. The van der Waals surface area contributed by atoms with E-state index in [9.17, 15) is 9.59 Å². The Morgan fingerprint density at radius 3 is 2.00 bits per heavy atom. The summed E-state index contributed by atoms with van der Waals surface area (Å²) >= 11 is 0. The molecule has 0 saturated carbocycles. The highest BCUT2D eigenvalue weighted by Crippen LogP contribution is 2.35. The molecule has 55 heavy (non-hydrogen) atoms. The average Bonchev–Trinajstić information content (AvgIpc) is 3.22. The van der Waals surface area contributed by atoms with Crippen molar-refractivity contribution >= 4 is 23.0 Å². The zero-order valence-corrected chi connectivity index (χ0v) is 31.1. The van der Waals surface area contributed by atoms with Crippen LogP contribution in [0.5, 0.6) is 23.0 Å². The van der Waals surface area contributed by atoms with Crippen LogP contribution in [0, 0.1) is 0 Å². The van der Waals surface area contributed by atoms with Crippen LogP contribution in [-0.2, 0) is 19.0 Å². The second-order valence-electron chi connectivity index (χ2n) is 12.2. The van der Waals surface area contributed by atoms with Gasteiger partial charge in [0.1, 0.15) is 36.2 Å². The largest absolute Gasteiger partial charge is 0.497 e. The van der Waals surface area contributed by atoms with E-state index in [1.807, 2.05) is 54.6 Å².